The molecule has 2 amide bonds. The van der Waals surface area contributed by atoms with Gasteiger partial charge in [-0.3, -0.25) is 9.59 Å². The summed E-state index contributed by atoms with van der Waals surface area (Å²) >= 11 is 0. The highest BCUT2D eigenvalue weighted by molar-refractivity contribution is 5.97. The van der Waals surface area contributed by atoms with Crippen LogP contribution in [0.5, 0.6) is 0 Å². The molecular formula is C14H22N4O2. The Hall–Kier alpha value is -1.98. The van der Waals surface area contributed by atoms with Crippen molar-refractivity contribution in [1.82, 2.24) is 14.8 Å². The summed E-state index contributed by atoms with van der Waals surface area (Å²) in [6, 6.07) is 1.33. The molecule has 1 fully saturated rings. The van der Waals surface area contributed by atoms with E-state index < -0.39 is 0 Å². The van der Waals surface area contributed by atoms with E-state index in [0.717, 1.165) is 25.8 Å². The average Bonchev–Trinajstić information content (AvgIpc) is 3.04. The van der Waals surface area contributed by atoms with Gasteiger partial charge in [0.15, 0.2) is 0 Å². The topological polar surface area (TPSA) is 80.4 Å². The molecule has 20 heavy (non-hydrogen) atoms. The Morgan fingerprint density at radius 1 is 1.50 bits per heavy atom. The lowest BCUT2D eigenvalue weighted by Gasteiger charge is -2.23. The summed E-state index contributed by atoms with van der Waals surface area (Å²) in [6.07, 6.45) is 4.28. The molecule has 0 aliphatic carbocycles. The number of nitrogen functional groups attached to an aromatic ring is 1. The molecule has 1 atom stereocenters. The number of hydrogen-bond acceptors (Lipinski definition) is 3. The number of nitrogens with zero attached hydrogens (tertiary/aromatic N) is 2. The third-order valence-electron chi connectivity index (χ3n) is 3.66. The number of likely N-dealkylation sites (N-methyl/N-ethyl adjacent to an activating group) is 1. The molecule has 3 N–H and O–H groups in total. The van der Waals surface area contributed by atoms with Crippen LogP contribution in [0.3, 0.4) is 0 Å². The summed E-state index contributed by atoms with van der Waals surface area (Å²) in [4.78, 5) is 26.1. The van der Waals surface area contributed by atoms with Crippen LogP contribution in [-0.2, 0) is 11.3 Å². The van der Waals surface area contributed by atoms with E-state index >= 15 is 0 Å². The zero-order chi connectivity index (χ0) is 14.7. The fraction of sp³-hybridized carbons (Fsp3) is 0.571. The van der Waals surface area contributed by atoms with Gasteiger partial charge in [-0.05, 0) is 25.3 Å². The molecule has 0 bridgehead atoms. The summed E-state index contributed by atoms with van der Waals surface area (Å²) < 4.78 is 1.87. The second-order valence-electron chi connectivity index (χ2n) is 5.12. The predicted octanol–water partition coefficient (Wildman–Crippen LogP) is 0.831. The quantitative estimate of drug-likeness (QED) is 0.856. The first kappa shape index (κ1) is 14.4. The van der Waals surface area contributed by atoms with E-state index in [9.17, 15) is 9.59 Å². The highest BCUT2D eigenvalue weighted by Crippen LogP contribution is 2.22. The third-order valence-corrected chi connectivity index (χ3v) is 3.66. The first-order chi connectivity index (χ1) is 9.58. The van der Waals surface area contributed by atoms with Crippen LogP contribution in [0, 0.1) is 0 Å². The number of anilines is 1. The molecule has 6 nitrogen and oxygen atoms in total. The maximum Gasteiger partial charge on any atom is 0.271 e. The molecule has 1 aromatic rings. The molecule has 1 aromatic heterocycles. The standard InChI is InChI=1S/C14H22N4O2/c1-3-6-17-9-10(15)8-12(17)14(20)18-7-4-5-11(18)13(19)16-2/h8-9,11H,3-7,15H2,1-2H3,(H,16,19). The highest BCUT2D eigenvalue weighted by Gasteiger charge is 2.35. The van der Waals surface area contributed by atoms with Crippen LogP contribution in [0.2, 0.25) is 0 Å². The number of hydrogen-bond donors (Lipinski definition) is 2. The van der Waals surface area contributed by atoms with Gasteiger partial charge in [0.25, 0.3) is 5.91 Å². The first-order valence-electron chi connectivity index (χ1n) is 7.06. The fourth-order valence-corrected chi connectivity index (χ4v) is 2.73. The van der Waals surface area contributed by atoms with Crippen LogP contribution in [0.25, 0.3) is 0 Å². The Morgan fingerprint density at radius 2 is 2.25 bits per heavy atom. The Kier molecular flexibility index (Phi) is 4.32. The molecule has 2 rings (SSSR count). The molecule has 1 aliphatic rings. The number of amides is 2. The van der Waals surface area contributed by atoms with Crippen LogP contribution < -0.4 is 11.1 Å². The third kappa shape index (κ3) is 2.64. The van der Waals surface area contributed by atoms with E-state index in [4.69, 9.17) is 5.73 Å². The SMILES string of the molecule is CCCn1cc(N)cc1C(=O)N1CCCC1C(=O)NC. The van der Waals surface area contributed by atoms with Crippen molar-refractivity contribution < 1.29 is 9.59 Å². The molecular weight excluding hydrogens is 256 g/mol. The molecule has 0 saturated carbocycles. The molecule has 110 valence electrons. The van der Waals surface area contributed by atoms with E-state index in [1.165, 1.54) is 0 Å². The van der Waals surface area contributed by atoms with Gasteiger partial charge < -0.3 is 20.5 Å². The predicted molar refractivity (Wildman–Crippen MR) is 77.3 cm³/mol. The molecule has 0 spiro atoms. The second kappa shape index (κ2) is 5.98. The second-order valence-corrected chi connectivity index (χ2v) is 5.12. The van der Waals surface area contributed by atoms with Crippen molar-refractivity contribution in [2.75, 3.05) is 19.3 Å². The minimum Gasteiger partial charge on any atom is -0.397 e. The van der Waals surface area contributed by atoms with Gasteiger partial charge in [0.1, 0.15) is 11.7 Å². The van der Waals surface area contributed by atoms with Gasteiger partial charge in [0.05, 0.1) is 5.69 Å². The number of aromatic nitrogens is 1. The van der Waals surface area contributed by atoms with Gasteiger partial charge in [0.2, 0.25) is 5.91 Å². The molecule has 0 aromatic carbocycles. The van der Waals surface area contributed by atoms with E-state index in [2.05, 4.69) is 5.32 Å². The number of likely N-dealkylation sites (tertiary alicyclic amines) is 1. The molecule has 1 unspecified atom stereocenters. The molecule has 6 heteroatoms. The molecule has 1 saturated heterocycles. The van der Waals surface area contributed by atoms with Crippen molar-refractivity contribution >= 4 is 17.5 Å². The van der Waals surface area contributed by atoms with Crippen molar-refractivity contribution in [2.45, 2.75) is 38.8 Å². The average molecular weight is 278 g/mol. The molecule has 1 aliphatic heterocycles. The monoisotopic (exact) mass is 278 g/mol. The largest absolute Gasteiger partial charge is 0.397 e. The Bertz CT molecular complexity index is 509. The van der Waals surface area contributed by atoms with Crippen molar-refractivity contribution in [1.29, 1.82) is 0 Å². The smallest absolute Gasteiger partial charge is 0.271 e. The zero-order valence-corrected chi connectivity index (χ0v) is 12.1. The Morgan fingerprint density at radius 3 is 2.90 bits per heavy atom. The minimum absolute atomic E-state index is 0.0996. The van der Waals surface area contributed by atoms with Crippen LogP contribution >= 0.6 is 0 Å². The number of nitrogens with two attached hydrogens (primary N) is 1. The summed E-state index contributed by atoms with van der Waals surface area (Å²) in [7, 11) is 1.60. The lowest BCUT2D eigenvalue weighted by molar-refractivity contribution is -0.124. The summed E-state index contributed by atoms with van der Waals surface area (Å²) in [5.74, 6) is -0.210. The van der Waals surface area contributed by atoms with E-state index in [1.807, 2.05) is 11.5 Å². The summed E-state index contributed by atoms with van der Waals surface area (Å²) in [5.41, 5.74) is 6.95. The number of carbonyl (C=O) groups is 2. The van der Waals surface area contributed by atoms with Gasteiger partial charge >= 0.3 is 0 Å². The number of rotatable bonds is 4. The van der Waals surface area contributed by atoms with Gasteiger partial charge in [-0.25, -0.2) is 0 Å². The van der Waals surface area contributed by atoms with Crippen LogP contribution in [0.1, 0.15) is 36.7 Å². The maximum atomic E-state index is 12.7. The fourth-order valence-electron chi connectivity index (χ4n) is 2.73. The first-order valence-corrected chi connectivity index (χ1v) is 7.06. The van der Waals surface area contributed by atoms with Crippen LogP contribution in [0.15, 0.2) is 12.3 Å². The lowest BCUT2D eigenvalue weighted by Crippen LogP contribution is -2.45. The van der Waals surface area contributed by atoms with Crippen molar-refractivity contribution in [3.05, 3.63) is 18.0 Å². The summed E-state index contributed by atoms with van der Waals surface area (Å²) in [5, 5.41) is 2.62. The van der Waals surface area contributed by atoms with E-state index in [0.29, 0.717) is 17.9 Å². The molecule has 0 radical (unpaired) electrons. The van der Waals surface area contributed by atoms with E-state index in [1.54, 1.807) is 24.2 Å². The summed E-state index contributed by atoms with van der Waals surface area (Å²) in [6.45, 7) is 3.42. The van der Waals surface area contributed by atoms with E-state index in [-0.39, 0.29) is 17.9 Å². The number of aryl methyl sites for hydroxylation is 1. The van der Waals surface area contributed by atoms with Gasteiger partial charge in [-0.1, -0.05) is 6.92 Å². The number of nitrogens with one attached hydrogen (secondary N) is 1. The Balaban J connectivity index is 2.24. The van der Waals surface area contributed by atoms with Crippen molar-refractivity contribution in [2.24, 2.45) is 0 Å². The van der Waals surface area contributed by atoms with Crippen molar-refractivity contribution in [3.8, 4) is 0 Å². The van der Waals surface area contributed by atoms with Crippen LogP contribution in [-0.4, -0.2) is 40.9 Å². The lowest BCUT2D eigenvalue weighted by atomic mass is 10.2. The van der Waals surface area contributed by atoms with Crippen molar-refractivity contribution in [3.63, 3.8) is 0 Å². The zero-order valence-electron chi connectivity index (χ0n) is 12.1. The highest BCUT2D eigenvalue weighted by atomic mass is 16.2. The minimum atomic E-state index is -0.362. The molecule has 2 heterocycles. The normalized spacial score (nSPS) is 18.3. The number of carbonyl (C=O) groups excluding carboxylic acids is 2. The van der Waals surface area contributed by atoms with Gasteiger partial charge in [-0.2, -0.15) is 0 Å². The van der Waals surface area contributed by atoms with Crippen LogP contribution in [0.4, 0.5) is 5.69 Å². The Labute approximate surface area is 118 Å². The van der Waals surface area contributed by atoms with Gasteiger partial charge in [0, 0.05) is 26.3 Å². The van der Waals surface area contributed by atoms with Gasteiger partial charge in [-0.15, -0.1) is 0 Å². The maximum absolute atomic E-state index is 12.7.